The van der Waals surface area contributed by atoms with Crippen LogP contribution < -0.4 is 4.90 Å². The molecule has 0 amide bonds. The number of nitrogens with zero attached hydrogens (tertiary/aromatic N) is 9. The van der Waals surface area contributed by atoms with E-state index in [1.54, 1.807) is 0 Å². The van der Waals surface area contributed by atoms with Crippen LogP contribution in [-0.2, 0) is 29.5 Å². The quantitative estimate of drug-likeness (QED) is 0.363. The monoisotopic (exact) mass is 543 g/mol. The summed E-state index contributed by atoms with van der Waals surface area (Å²) in [6, 6.07) is 8.84. The van der Waals surface area contributed by atoms with Gasteiger partial charge in [-0.3, -0.25) is 14.4 Å². The van der Waals surface area contributed by atoms with E-state index < -0.39 is 0 Å². The minimum Gasteiger partial charge on any atom is -0.378 e. The van der Waals surface area contributed by atoms with Crippen LogP contribution >= 0.6 is 0 Å². The number of anilines is 1. The van der Waals surface area contributed by atoms with E-state index >= 15 is 0 Å². The van der Waals surface area contributed by atoms with E-state index in [1.165, 1.54) is 12.8 Å². The second-order valence-corrected chi connectivity index (χ2v) is 11.7. The molecule has 11 heteroatoms. The number of piperazine rings is 1. The number of ether oxygens (including phenoxy) is 2. The van der Waals surface area contributed by atoms with Crippen LogP contribution in [0.15, 0.2) is 24.3 Å². The van der Waals surface area contributed by atoms with E-state index in [-0.39, 0.29) is 5.54 Å². The lowest BCUT2D eigenvalue weighted by Gasteiger charge is -2.47. The van der Waals surface area contributed by atoms with Crippen molar-refractivity contribution < 1.29 is 9.47 Å². The average Bonchev–Trinajstić information content (AvgIpc) is 3.50. The lowest BCUT2D eigenvalue weighted by molar-refractivity contribution is -0.0911. The highest BCUT2D eigenvalue weighted by Gasteiger charge is 2.52. The summed E-state index contributed by atoms with van der Waals surface area (Å²) >= 11 is 0. The summed E-state index contributed by atoms with van der Waals surface area (Å²) in [6.07, 6.45) is 3.32. The summed E-state index contributed by atoms with van der Waals surface area (Å²) in [7, 11) is 2.11. The van der Waals surface area contributed by atoms with Crippen LogP contribution in [0.1, 0.15) is 31.4 Å². The molecular formula is C29H37N9O2. The van der Waals surface area contributed by atoms with Gasteiger partial charge in [0.25, 0.3) is 0 Å². The predicted molar refractivity (Wildman–Crippen MR) is 152 cm³/mol. The van der Waals surface area contributed by atoms with Crippen molar-refractivity contribution in [2.45, 2.75) is 44.3 Å². The van der Waals surface area contributed by atoms with Crippen LogP contribution in [0.2, 0.25) is 0 Å². The Bertz CT molecular complexity index is 1560. The minimum atomic E-state index is 0.279. The molecule has 1 aromatic carbocycles. The summed E-state index contributed by atoms with van der Waals surface area (Å²) < 4.78 is 15.5. The van der Waals surface area contributed by atoms with E-state index in [2.05, 4.69) is 56.0 Å². The molecule has 1 aliphatic carbocycles. The standard InChI is InChI=1S/C29H37N9O2/c1-3-23-30-21-6-4-5-7-22(21)38(23)28-32-26-25(27(33-28)35-12-14-39-15-13-35)31-24(34(26)2)16-37-11-10-36(20-17-40-18-20)19-29(37)8-9-29/h4-7,20H,3,8-19H2,1-2H3. The third kappa shape index (κ3) is 3.93. The molecule has 4 fully saturated rings. The Morgan fingerprint density at radius 1 is 0.925 bits per heavy atom. The molecule has 4 aliphatic rings. The van der Waals surface area contributed by atoms with E-state index in [4.69, 9.17) is 29.4 Å². The molecule has 0 N–H and O–H groups in total. The summed E-state index contributed by atoms with van der Waals surface area (Å²) in [5.74, 6) is 3.56. The van der Waals surface area contributed by atoms with Gasteiger partial charge >= 0.3 is 0 Å². The normalized spacial score (nSPS) is 22.0. The maximum Gasteiger partial charge on any atom is 0.239 e. The number of aryl methyl sites for hydroxylation is 2. The fraction of sp³-hybridized carbons (Fsp3) is 0.586. The number of para-hydroxylation sites is 2. The molecule has 3 aromatic heterocycles. The van der Waals surface area contributed by atoms with Crippen LogP contribution in [0.25, 0.3) is 28.1 Å². The van der Waals surface area contributed by atoms with Gasteiger partial charge in [-0.2, -0.15) is 9.97 Å². The first-order chi connectivity index (χ1) is 19.6. The Kier molecular flexibility index (Phi) is 5.84. The van der Waals surface area contributed by atoms with Gasteiger partial charge in [-0.15, -0.1) is 0 Å². The highest BCUT2D eigenvalue weighted by Crippen LogP contribution is 2.45. The van der Waals surface area contributed by atoms with Crippen molar-refractivity contribution in [2.24, 2.45) is 7.05 Å². The number of hydrogen-bond donors (Lipinski definition) is 0. The first kappa shape index (κ1) is 24.7. The highest BCUT2D eigenvalue weighted by atomic mass is 16.5. The number of imidazole rings is 2. The zero-order valence-electron chi connectivity index (χ0n) is 23.4. The van der Waals surface area contributed by atoms with Crippen LogP contribution in [0, 0.1) is 0 Å². The fourth-order valence-corrected chi connectivity index (χ4v) is 6.68. The van der Waals surface area contributed by atoms with Gasteiger partial charge in [0.2, 0.25) is 5.95 Å². The van der Waals surface area contributed by atoms with Crippen molar-refractivity contribution in [1.29, 1.82) is 0 Å². The zero-order valence-corrected chi connectivity index (χ0v) is 23.4. The van der Waals surface area contributed by atoms with Crippen molar-refractivity contribution in [3.05, 3.63) is 35.9 Å². The first-order valence-corrected chi connectivity index (χ1v) is 14.7. The van der Waals surface area contributed by atoms with Crippen molar-refractivity contribution in [2.75, 3.05) is 64.1 Å². The summed E-state index contributed by atoms with van der Waals surface area (Å²) in [5, 5.41) is 0. The second-order valence-electron chi connectivity index (χ2n) is 11.7. The minimum absolute atomic E-state index is 0.279. The molecule has 6 heterocycles. The van der Waals surface area contributed by atoms with Gasteiger partial charge in [0.15, 0.2) is 17.0 Å². The fourth-order valence-electron chi connectivity index (χ4n) is 6.68. The Labute approximate surface area is 233 Å². The van der Waals surface area contributed by atoms with E-state index in [9.17, 15) is 0 Å². The molecule has 40 heavy (non-hydrogen) atoms. The summed E-state index contributed by atoms with van der Waals surface area (Å²) in [4.78, 5) is 28.1. The van der Waals surface area contributed by atoms with E-state index in [1.807, 2.05) is 6.07 Å². The third-order valence-electron chi connectivity index (χ3n) is 9.36. The lowest BCUT2D eigenvalue weighted by Crippen LogP contribution is -2.61. The zero-order chi connectivity index (χ0) is 26.8. The number of benzene rings is 1. The van der Waals surface area contributed by atoms with Gasteiger partial charge in [-0.05, 0) is 25.0 Å². The van der Waals surface area contributed by atoms with Crippen molar-refractivity contribution in [3.8, 4) is 5.95 Å². The lowest BCUT2D eigenvalue weighted by atomic mass is 10.1. The molecule has 11 nitrogen and oxygen atoms in total. The van der Waals surface area contributed by atoms with E-state index in [0.29, 0.717) is 25.2 Å². The smallest absolute Gasteiger partial charge is 0.239 e. The van der Waals surface area contributed by atoms with E-state index in [0.717, 1.165) is 98.6 Å². The number of rotatable bonds is 6. The Hall–Kier alpha value is -3.12. The molecular weight excluding hydrogens is 506 g/mol. The van der Waals surface area contributed by atoms with Crippen molar-refractivity contribution in [3.63, 3.8) is 0 Å². The molecule has 1 spiro atoms. The second kappa shape index (κ2) is 9.47. The number of hydrogen-bond acceptors (Lipinski definition) is 9. The number of morpholine rings is 1. The van der Waals surface area contributed by atoms with Crippen molar-refractivity contribution >= 4 is 28.0 Å². The van der Waals surface area contributed by atoms with Gasteiger partial charge < -0.3 is 18.9 Å². The molecule has 8 rings (SSSR count). The molecule has 0 unspecified atom stereocenters. The maximum atomic E-state index is 5.68. The third-order valence-corrected chi connectivity index (χ3v) is 9.36. The molecule has 4 aromatic rings. The molecule has 3 aliphatic heterocycles. The molecule has 0 radical (unpaired) electrons. The van der Waals surface area contributed by atoms with Gasteiger partial charge in [-0.25, -0.2) is 9.97 Å². The molecule has 210 valence electrons. The van der Waals surface area contributed by atoms with Crippen LogP contribution in [0.3, 0.4) is 0 Å². The molecule has 0 atom stereocenters. The summed E-state index contributed by atoms with van der Waals surface area (Å²) in [5.41, 5.74) is 4.02. The maximum absolute atomic E-state index is 5.68. The topological polar surface area (TPSA) is 89.6 Å². The molecule has 0 bridgehead atoms. The van der Waals surface area contributed by atoms with Crippen LogP contribution in [0.5, 0.6) is 0 Å². The number of aromatic nitrogens is 6. The number of fused-ring (bicyclic) bond motifs is 2. The predicted octanol–water partition coefficient (Wildman–Crippen LogP) is 2.15. The largest absolute Gasteiger partial charge is 0.378 e. The Balaban J connectivity index is 1.20. The van der Waals surface area contributed by atoms with Gasteiger partial charge in [0.05, 0.1) is 50.0 Å². The average molecular weight is 544 g/mol. The van der Waals surface area contributed by atoms with Crippen LogP contribution in [-0.4, -0.2) is 110 Å². The van der Waals surface area contributed by atoms with Gasteiger partial charge in [0.1, 0.15) is 11.6 Å². The van der Waals surface area contributed by atoms with Gasteiger partial charge in [-0.1, -0.05) is 19.1 Å². The van der Waals surface area contributed by atoms with Crippen molar-refractivity contribution in [1.82, 2.24) is 38.9 Å². The summed E-state index contributed by atoms with van der Waals surface area (Å²) in [6.45, 7) is 11.0. The Morgan fingerprint density at radius 2 is 1.75 bits per heavy atom. The highest BCUT2D eigenvalue weighted by molar-refractivity contribution is 5.86. The SMILES string of the molecule is CCc1nc2ccccc2n1-c1nc(N2CCOCC2)c2nc(CN3CCN(C4COC4)CC34CC4)n(C)c2n1. The van der Waals surface area contributed by atoms with Gasteiger partial charge in [0, 0.05) is 51.7 Å². The van der Waals surface area contributed by atoms with Crippen LogP contribution in [0.4, 0.5) is 5.82 Å². The molecule has 3 saturated heterocycles. The first-order valence-electron chi connectivity index (χ1n) is 14.7. The Morgan fingerprint density at radius 3 is 2.50 bits per heavy atom. The molecule has 1 saturated carbocycles.